The number of hydrogen-bond acceptors (Lipinski definition) is 11. The van der Waals surface area contributed by atoms with Crippen LogP contribution in [0.3, 0.4) is 0 Å². The first-order valence-electron chi connectivity index (χ1n) is 23.1. The number of carbonyl (C=O) groups is 3. The van der Waals surface area contributed by atoms with Crippen LogP contribution in [0.2, 0.25) is 0 Å². The van der Waals surface area contributed by atoms with E-state index in [1.807, 2.05) is 21.1 Å². The Balaban J connectivity index is 2.50. The van der Waals surface area contributed by atoms with Gasteiger partial charge in [0.2, 0.25) is 0 Å². The second kappa shape index (κ2) is 32.9. The third-order valence-electron chi connectivity index (χ3n) is 11.0. The van der Waals surface area contributed by atoms with Gasteiger partial charge in [0.05, 0.1) is 46.1 Å². The summed E-state index contributed by atoms with van der Waals surface area (Å²) < 4.78 is 34.2. The van der Waals surface area contributed by atoms with Crippen LogP contribution in [-0.2, 0) is 37.5 Å². The molecule has 0 aromatic heterocycles. The molecule has 14 heteroatoms. The minimum atomic E-state index is -4.46. The number of rotatable bonds is 38. The second-order valence-electron chi connectivity index (χ2n) is 17.8. The summed E-state index contributed by atoms with van der Waals surface area (Å²) in [4.78, 5) is 48.4. The maximum atomic E-state index is 12.9. The van der Waals surface area contributed by atoms with Gasteiger partial charge >= 0.3 is 19.8 Å². The molecule has 4 N–H and O–H groups in total. The normalized spacial score (nSPS) is 20.4. The van der Waals surface area contributed by atoms with E-state index in [4.69, 9.17) is 18.5 Å². The lowest BCUT2D eigenvalue weighted by Gasteiger charge is -2.24. The molecule has 13 nitrogen and oxygen atoms in total. The Bertz CT molecular complexity index is 1190. The summed E-state index contributed by atoms with van der Waals surface area (Å²) >= 11 is 0. The molecule has 1 rings (SSSR count). The third-order valence-corrected chi connectivity index (χ3v) is 12.0. The number of phosphoric ester groups is 1. The van der Waals surface area contributed by atoms with Gasteiger partial charge in [-0.15, -0.1) is 0 Å². The fraction of sp³-hybridized carbons (Fsp3) is 0.889. The van der Waals surface area contributed by atoms with Gasteiger partial charge < -0.3 is 34.2 Å². The van der Waals surface area contributed by atoms with Crippen molar-refractivity contribution in [1.29, 1.82) is 0 Å². The van der Waals surface area contributed by atoms with Crippen LogP contribution in [0.4, 0.5) is 0 Å². The maximum Gasteiger partial charge on any atom is 0.472 e. The molecule has 0 aliphatic heterocycles. The molecule has 0 heterocycles. The van der Waals surface area contributed by atoms with Gasteiger partial charge in [0.15, 0.2) is 6.10 Å². The zero-order valence-electron chi connectivity index (χ0n) is 37.6. The first kappa shape index (κ1) is 55.3. The standard InChI is InChI=1S/C45H84NO12P/c1-6-8-10-11-12-13-14-15-16-17-18-19-20-22-28-45(52)58-39(36-57-59(53,54)56-32-31-46(3,4)5)35-55-44(51)27-24-23-26-38(48)33-41-40(42(49)34-43(41)50)30-29-37(47)25-21-9-7-2/h29-30,37,39-43,47,49-50H,6-28,31-36H2,1-5H3/p+1/b30-29+/t37-,39+,40+,41+,42+,43-/m0/s1. The number of likely N-dealkylation sites (N-methyl/N-ethyl adjacent to an activating group) is 1. The highest BCUT2D eigenvalue weighted by Gasteiger charge is 2.41. The molecule has 1 aliphatic carbocycles. The first-order chi connectivity index (χ1) is 28.1. The number of phosphoric acid groups is 1. The molecule has 1 unspecified atom stereocenters. The minimum absolute atomic E-state index is 0.00651. The quantitative estimate of drug-likeness (QED) is 0.0153. The van der Waals surface area contributed by atoms with E-state index in [1.165, 1.54) is 64.2 Å². The van der Waals surface area contributed by atoms with Gasteiger partial charge in [0.1, 0.15) is 25.5 Å². The van der Waals surface area contributed by atoms with Crippen molar-refractivity contribution < 1.29 is 62.2 Å². The Labute approximate surface area is 357 Å². The summed E-state index contributed by atoms with van der Waals surface area (Å²) in [5.41, 5.74) is 0. The summed E-state index contributed by atoms with van der Waals surface area (Å²) in [5, 5.41) is 31.3. The fourth-order valence-corrected chi connectivity index (χ4v) is 8.05. The molecule has 1 fully saturated rings. The van der Waals surface area contributed by atoms with Gasteiger partial charge in [-0.1, -0.05) is 129 Å². The second-order valence-corrected chi connectivity index (χ2v) is 19.2. The molecule has 0 aromatic carbocycles. The van der Waals surface area contributed by atoms with Crippen molar-refractivity contribution in [2.75, 3.05) is 47.5 Å². The van der Waals surface area contributed by atoms with Crippen molar-refractivity contribution in [3.8, 4) is 0 Å². The number of ether oxygens (including phenoxy) is 2. The molecule has 346 valence electrons. The number of esters is 2. The largest absolute Gasteiger partial charge is 0.472 e. The third kappa shape index (κ3) is 30.1. The highest BCUT2D eigenvalue weighted by molar-refractivity contribution is 7.47. The van der Waals surface area contributed by atoms with E-state index in [-0.39, 0.29) is 51.1 Å². The van der Waals surface area contributed by atoms with Crippen LogP contribution in [0, 0.1) is 11.8 Å². The van der Waals surface area contributed by atoms with Crippen LogP contribution >= 0.6 is 7.82 Å². The molecule has 1 saturated carbocycles. The summed E-state index contributed by atoms with van der Waals surface area (Å²) in [6, 6.07) is 0. The summed E-state index contributed by atoms with van der Waals surface area (Å²) in [6.45, 7) is 3.90. The van der Waals surface area contributed by atoms with Crippen molar-refractivity contribution in [3.05, 3.63) is 12.2 Å². The molecule has 0 spiro atoms. The summed E-state index contributed by atoms with van der Waals surface area (Å²) in [7, 11) is 1.28. The van der Waals surface area contributed by atoms with Gasteiger partial charge in [0.25, 0.3) is 0 Å². The topological polar surface area (TPSA) is 186 Å². The van der Waals surface area contributed by atoms with E-state index in [9.17, 15) is 39.2 Å². The van der Waals surface area contributed by atoms with Crippen molar-refractivity contribution in [1.82, 2.24) is 0 Å². The van der Waals surface area contributed by atoms with Gasteiger partial charge in [0, 0.05) is 43.9 Å². The van der Waals surface area contributed by atoms with E-state index in [1.54, 1.807) is 12.2 Å². The fourth-order valence-electron chi connectivity index (χ4n) is 7.30. The molecule has 0 aromatic rings. The SMILES string of the molecule is CCCCCCCCCCCCCCCCC(=O)O[C@H](COC(=O)CCCCC(=O)C[C@@H]1[C@@H](/C=C/[C@@H](O)CCCCC)[C@H](O)C[C@@H]1O)COP(=O)(O)OCC[N+](C)(C)C. The average molecular weight is 863 g/mol. The molecular formula is C45H85NO12P+. The van der Waals surface area contributed by atoms with Gasteiger partial charge in [-0.05, 0) is 25.7 Å². The number of hydrogen-bond donors (Lipinski definition) is 4. The van der Waals surface area contributed by atoms with Crippen molar-refractivity contribution in [3.63, 3.8) is 0 Å². The number of nitrogens with zero attached hydrogens (tertiary/aromatic N) is 1. The number of aliphatic hydroxyl groups excluding tert-OH is 3. The van der Waals surface area contributed by atoms with Crippen molar-refractivity contribution in [2.24, 2.45) is 11.8 Å². The number of aliphatic hydroxyl groups is 3. The van der Waals surface area contributed by atoms with Crippen LogP contribution in [0.25, 0.3) is 0 Å². The number of unbranched alkanes of at least 4 members (excludes halogenated alkanes) is 16. The highest BCUT2D eigenvalue weighted by atomic mass is 31.2. The maximum absolute atomic E-state index is 12.9. The zero-order chi connectivity index (χ0) is 43.9. The lowest BCUT2D eigenvalue weighted by atomic mass is 9.87. The van der Waals surface area contributed by atoms with Crippen LogP contribution in [-0.4, -0.2) is 114 Å². The average Bonchev–Trinajstić information content (AvgIpc) is 3.43. The van der Waals surface area contributed by atoms with Gasteiger partial charge in [-0.2, -0.15) is 0 Å². The Morgan fingerprint density at radius 3 is 1.83 bits per heavy atom. The van der Waals surface area contributed by atoms with E-state index in [0.717, 1.165) is 38.5 Å². The monoisotopic (exact) mass is 863 g/mol. The Morgan fingerprint density at radius 1 is 0.712 bits per heavy atom. The van der Waals surface area contributed by atoms with E-state index >= 15 is 0 Å². The Hall–Kier alpha value is -1.70. The van der Waals surface area contributed by atoms with Crippen LogP contribution < -0.4 is 0 Å². The Morgan fingerprint density at radius 2 is 1.24 bits per heavy atom. The summed E-state index contributed by atoms with van der Waals surface area (Å²) in [5.74, 6) is -2.04. The number of Topliss-reactive ketones (excluding diaryl/α,β-unsaturated/α-hetero) is 1. The number of quaternary nitrogens is 1. The number of ketones is 1. The number of carbonyl (C=O) groups excluding carboxylic acids is 3. The van der Waals surface area contributed by atoms with Crippen LogP contribution in [0.1, 0.15) is 174 Å². The molecule has 0 amide bonds. The zero-order valence-corrected chi connectivity index (χ0v) is 38.5. The van der Waals surface area contributed by atoms with Crippen molar-refractivity contribution in [2.45, 2.75) is 199 Å². The molecule has 7 atom stereocenters. The highest BCUT2D eigenvalue weighted by Crippen LogP contribution is 2.43. The lowest BCUT2D eigenvalue weighted by Crippen LogP contribution is -2.37. The molecule has 0 saturated heterocycles. The van der Waals surface area contributed by atoms with Gasteiger partial charge in [-0.3, -0.25) is 23.4 Å². The van der Waals surface area contributed by atoms with E-state index in [0.29, 0.717) is 36.7 Å². The minimum Gasteiger partial charge on any atom is -0.462 e. The smallest absolute Gasteiger partial charge is 0.462 e. The van der Waals surface area contributed by atoms with E-state index < -0.39 is 62.6 Å². The molecule has 0 radical (unpaired) electrons. The summed E-state index contributed by atoms with van der Waals surface area (Å²) in [6.07, 6.45) is 21.7. The van der Waals surface area contributed by atoms with Crippen LogP contribution in [0.15, 0.2) is 12.2 Å². The molecule has 1 aliphatic rings. The molecular weight excluding hydrogens is 777 g/mol. The van der Waals surface area contributed by atoms with Crippen LogP contribution in [0.5, 0.6) is 0 Å². The Kier molecular flexibility index (Phi) is 30.9. The van der Waals surface area contributed by atoms with Gasteiger partial charge in [-0.25, -0.2) is 4.57 Å². The van der Waals surface area contributed by atoms with E-state index in [2.05, 4.69) is 13.8 Å². The molecule has 59 heavy (non-hydrogen) atoms. The predicted octanol–water partition coefficient (Wildman–Crippen LogP) is 8.53. The lowest BCUT2D eigenvalue weighted by molar-refractivity contribution is -0.870. The van der Waals surface area contributed by atoms with Crippen molar-refractivity contribution >= 4 is 25.5 Å². The first-order valence-corrected chi connectivity index (χ1v) is 24.6. The molecule has 0 bridgehead atoms. The predicted molar refractivity (Wildman–Crippen MR) is 231 cm³/mol.